The molecule has 1 heterocycles. The molecule has 5 heteroatoms. The maximum atomic E-state index is 5.61. The molecule has 0 amide bonds. The van der Waals surface area contributed by atoms with Crippen molar-refractivity contribution in [2.24, 2.45) is 5.73 Å². The fourth-order valence-electron chi connectivity index (χ4n) is 1.00. The van der Waals surface area contributed by atoms with Crippen molar-refractivity contribution in [1.29, 1.82) is 0 Å². The zero-order valence-electron chi connectivity index (χ0n) is 8.38. The van der Waals surface area contributed by atoms with Gasteiger partial charge in [0.2, 0.25) is 0 Å². The Morgan fingerprint density at radius 3 is 2.93 bits per heavy atom. The Balaban J connectivity index is 3.09. The summed E-state index contributed by atoms with van der Waals surface area (Å²) in [7, 11) is 1.56. The van der Waals surface area contributed by atoms with E-state index in [-0.39, 0.29) is 0 Å². The molecule has 0 unspecified atom stereocenters. The Morgan fingerprint density at radius 2 is 2.33 bits per heavy atom. The lowest BCUT2D eigenvalue weighted by atomic mass is 10.2. The van der Waals surface area contributed by atoms with Gasteiger partial charge in [0.15, 0.2) is 5.75 Å². The molecule has 0 aliphatic rings. The summed E-state index contributed by atoms with van der Waals surface area (Å²) in [5.74, 6) is 6.84. The van der Waals surface area contributed by atoms with Crippen molar-refractivity contribution in [3.8, 4) is 17.6 Å². The second kappa shape index (κ2) is 5.59. The number of pyridine rings is 1. The van der Waals surface area contributed by atoms with Crippen LogP contribution < -0.4 is 16.2 Å². The molecule has 0 saturated heterocycles. The quantitative estimate of drug-likeness (QED) is 0.790. The highest BCUT2D eigenvalue weighted by Gasteiger charge is 2.09. The van der Waals surface area contributed by atoms with E-state index in [0.29, 0.717) is 34.6 Å². The Hall–Kier alpha value is -1.25. The second-order valence-corrected chi connectivity index (χ2v) is 3.54. The van der Waals surface area contributed by atoms with E-state index >= 15 is 0 Å². The Labute approximate surface area is 97.1 Å². The predicted molar refractivity (Wildman–Crippen MR) is 63.5 cm³/mol. The number of nitrogens with two attached hydrogens (primary N) is 2. The molecule has 0 saturated carbocycles. The van der Waals surface area contributed by atoms with E-state index in [1.165, 1.54) is 0 Å². The van der Waals surface area contributed by atoms with Crippen LogP contribution in [0.1, 0.15) is 12.0 Å². The normalized spacial score (nSPS) is 9.27. The van der Waals surface area contributed by atoms with Crippen molar-refractivity contribution < 1.29 is 4.74 Å². The summed E-state index contributed by atoms with van der Waals surface area (Å²) in [5.41, 5.74) is 11.7. The van der Waals surface area contributed by atoms with Crippen LogP contribution in [0, 0.1) is 11.8 Å². The number of aromatic nitrogens is 1. The van der Waals surface area contributed by atoms with Gasteiger partial charge in [0, 0.05) is 19.2 Å². The van der Waals surface area contributed by atoms with Crippen LogP contribution in [0.4, 0.5) is 5.82 Å². The number of ether oxygens (including phenoxy) is 1. The average molecular weight is 270 g/mol. The minimum absolute atomic E-state index is 0.385. The smallest absolute Gasteiger partial charge is 0.153 e. The molecule has 0 fully saturated rings. The SMILES string of the molecule is COc1c(C#CCCN)cnc(N)c1Br. The maximum absolute atomic E-state index is 5.61. The van der Waals surface area contributed by atoms with Gasteiger partial charge in [-0.1, -0.05) is 11.8 Å². The molecule has 0 atom stereocenters. The first kappa shape index (κ1) is 11.8. The number of halogens is 1. The van der Waals surface area contributed by atoms with E-state index in [1.807, 2.05) is 0 Å². The molecule has 0 aliphatic heterocycles. The standard InChI is InChI=1S/C10H12BrN3O/c1-15-9-7(4-2-3-5-12)6-14-10(13)8(9)11/h6H,3,5,12H2,1H3,(H2,13,14). The number of nitrogens with zero attached hydrogens (tertiary/aromatic N) is 1. The fourth-order valence-corrected chi connectivity index (χ4v) is 1.48. The molecule has 15 heavy (non-hydrogen) atoms. The highest BCUT2D eigenvalue weighted by Crippen LogP contribution is 2.31. The maximum Gasteiger partial charge on any atom is 0.153 e. The van der Waals surface area contributed by atoms with Gasteiger partial charge >= 0.3 is 0 Å². The summed E-state index contributed by atoms with van der Waals surface area (Å²) in [6, 6.07) is 0. The van der Waals surface area contributed by atoms with Crippen LogP contribution in [0.25, 0.3) is 0 Å². The van der Waals surface area contributed by atoms with Crippen LogP contribution >= 0.6 is 15.9 Å². The van der Waals surface area contributed by atoms with Gasteiger partial charge in [0.1, 0.15) is 10.3 Å². The highest BCUT2D eigenvalue weighted by molar-refractivity contribution is 9.10. The van der Waals surface area contributed by atoms with Gasteiger partial charge in [-0.3, -0.25) is 0 Å². The van der Waals surface area contributed by atoms with Gasteiger partial charge in [0.05, 0.1) is 12.7 Å². The van der Waals surface area contributed by atoms with Gasteiger partial charge in [-0.15, -0.1) is 0 Å². The first-order valence-corrected chi connectivity index (χ1v) is 5.17. The second-order valence-electron chi connectivity index (χ2n) is 2.74. The highest BCUT2D eigenvalue weighted by atomic mass is 79.9. The van der Waals surface area contributed by atoms with Crippen LogP contribution in [0.3, 0.4) is 0 Å². The van der Waals surface area contributed by atoms with Crippen molar-refractivity contribution in [3.05, 3.63) is 16.2 Å². The summed E-state index contributed by atoms with van der Waals surface area (Å²) in [5, 5.41) is 0. The number of hydrogen-bond acceptors (Lipinski definition) is 4. The molecule has 0 radical (unpaired) electrons. The third-order valence-electron chi connectivity index (χ3n) is 1.70. The largest absolute Gasteiger partial charge is 0.494 e. The van der Waals surface area contributed by atoms with E-state index in [1.54, 1.807) is 13.3 Å². The minimum Gasteiger partial charge on any atom is -0.494 e. The summed E-state index contributed by atoms with van der Waals surface area (Å²) in [6.45, 7) is 0.541. The number of rotatable bonds is 2. The van der Waals surface area contributed by atoms with E-state index in [2.05, 4.69) is 32.8 Å². The molecule has 0 spiro atoms. The molecule has 4 N–H and O–H groups in total. The van der Waals surface area contributed by atoms with Gasteiger partial charge in [-0.25, -0.2) is 4.98 Å². The average Bonchev–Trinajstić information content (AvgIpc) is 2.24. The topological polar surface area (TPSA) is 74.2 Å². The van der Waals surface area contributed by atoms with Gasteiger partial charge in [0.25, 0.3) is 0 Å². The Kier molecular flexibility index (Phi) is 4.40. The summed E-state index contributed by atoms with van der Waals surface area (Å²) in [6.07, 6.45) is 2.23. The van der Waals surface area contributed by atoms with Crippen molar-refractivity contribution in [3.63, 3.8) is 0 Å². The lowest BCUT2D eigenvalue weighted by molar-refractivity contribution is 0.410. The number of anilines is 1. The number of methoxy groups -OCH3 is 1. The molecule has 4 nitrogen and oxygen atoms in total. The Bertz CT molecular complexity index is 409. The lowest BCUT2D eigenvalue weighted by Gasteiger charge is -2.06. The summed E-state index contributed by atoms with van der Waals surface area (Å²) >= 11 is 3.30. The molecule has 0 aliphatic carbocycles. The zero-order valence-corrected chi connectivity index (χ0v) is 9.97. The van der Waals surface area contributed by atoms with E-state index < -0.39 is 0 Å². The molecule has 0 bridgehead atoms. The van der Waals surface area contributed by atoms with Crippen LogP contribution in [0.5, 0.6) is 5.75 Å². The van der Waals surface area contributed by atoms with Gasteiger partial charge in [-0.2, -0.15) is 0 Å². The van der Waals surface area contributed by atoms with Crippen molar-refractivity contribution in [2.45, 2.75) is 6.42 Å². The van der Waals surface area contributed by atoms with Crippen molar-refractivity contribution in [1.82, 2.24) is 4.98 Å². The number of hydrogen-bond donors (Lipinski definition) is 2. The fraction of sp³-hybridized carbons (Fsp3) is 0.300. The zero-order chi connectivity index (χ0) is 11.3. The monoisotopic (exact) mass is 269 g/mol. The summed E-state index contributed by atoms with van der Waals surface area (Å²) < 4.78 is 5.82. The molecule has 80 valence electrons. The minimum atomic E-state index is 0.385. The summed E-state index contributed by atoms with van der Waals surface area (Å²) in [4.78, 5) is 3.98. The molecule has 1 rings (SSSR count). The molecular weight excluding hydrogens is 258 g/mol. The van der Waals surface area contributed by atoms with E-state index in [0.717, 1.165) is 0 Å². The first-order chi connectivity index (χ1) is 7.20. The third kappa shape index (κ3) is 2.85. The number of nitrogen functional groups attached to an aromatic ring is 1. The third-order valence-corrected chi connectivity index (χ3v) is 2.46. The van der Waals surface area contributed by atoms with E-state index in [4.69, 9.17) is 16.2 Å². The lowest BCUT2D eigenvalue weighted by Crippen LogP contribution is -1.98. The van der Waals surface area contributed by atoms with Crippen LogP contribution in [0.2, 0.25) is 0 Å². The van der Waals surface area contributed by atoms with Crippen molar-refractivity contribution >= 4 is 21.7 Å². The van der Waals surface area contributed by atoms with E-state index in [9.17, 15) is 0 Å². The molecule has 0 aromatic carbocycles. The molecular formula is C10H12BrN3O. The van der Waals surface area contributed by atoms with Gasteiger partial charge < -0.3 is 16.2 Å². The first-order valence-electron chi connectivity index (χ1n) is 4.37. The molecule has 1 aromatic rings. The molecule has 1 aromatic heterocycles. The van der Waals surface area contributed by atoms with Crippen LogP contribution in [-0.2, 0) is 0 Å². The van der Waals surface area contributed by atoms with Crippen LogP contribution in [0.15, 0.2) is 10.7 Å². The van der Waals surface area contributed by atoms with Crippen molar-refractivity contribution in [2.75, 3.05) is 19.4 Å². The van der Waals surface area contributed by atoms with Crippen LogP contribution in [-0.4, -0.2) is 18.6 Å². The van der Waals surface area contributed by atoms with Gasteiger partial charge in [-0.05, 0) is 15.9 Å². The predicted octanol–water partition coefficient (Wildman–Crippen LogP) is 1.14. The Morgan fingerprint density at radius 1 is 1.60 bits per heavy atom.